The summed E-state index contributed by atoms with van der Waals surface area (Å²) in [7, 11) is 1.57. The quantitative estimate of drug-likeness (QED) is 0.729. The molecule has 0 bridgehead atoms. The van der Waals surface area contributed by atoms with Crippen molar-refractivity contribution in [3.8, 4) is 0 Å². The maximum absolute atomic E-state index is 12.0. The molecule has 1 aromatic carbocycles. The third-order valence-corrected chi connectivity index (χ3v) is 3.33. The zero-order chi connectivity index (χ0) is 16.0. The molecule has 0 aromatic heterocycles. The Labute approximate surface area is 132 Å². The molecule has 0 radical (unpaired) electrons. The monoisotopic (exact) mass is 358 g/mol. The van der Waals surface area contributed by atoms with Crippen molar-refractivity contribution >= 4 is 33.6 Å². The number of benzene rings is 1. The molecule has 1 aromatic rings. The SMILES string of the molecule is COCC(NC(=O)Nc1cc(Br)cc(C(=O)O)c1)C(C)C. The fourth-order valence-corrected chi connectivity index (χ4v) is 2.19. The fourth-order valence-electron chi connectivity index (χ4n) is 1.70. The number of urea groups is 1. The lowest BCUT2D eigenvalue weighted by Gasteiger charge is -2.21. The molecule has 3 N–H and O–H groups in total. The van der Waals surface area contributed by atoms with Crippen LogP contribution in [0.1, 0.15) is 24.2 Å². The van der Waals surface area contributed by atoms with Gasteiger partial charge in [0.05, 0.1) is 18.2 Å². The minimum atomic E-state index is -1.06. The Morgan fingerprint density at radius 3 is 2.52 bits per heavy atom. The van der Waals surface area contributed by atoms with E-state index in [0.717, 1.165) is 0 Å². The number of halogens is 1. The molecule has 0 aliphatic carbocycles. The molecule has 21 heavy (non-hydrogen) atoms. The number of carboxylic acid groups (broad SMARTS) is 1. The van der Waals surface area contributed by atoms with Gasteiger partial charge in [0.25, 0.3) is 0 Å². The Kier molecular flexibility index (Phi) is 6.64. The first-order chi connectivity index (χ1) is 9.83. The van der Waals surface area contributed by atoms with Crippen LogP contribution in [0.2, 0.25) is 0 Å². The lowest BCUT2D eigenvalue weighted by atomic mass is 10.1. The fraction of sp³-hybridized carbons (Fsp3) is 0.429. The van der Waals surface area contributed by atoms with Gasteiger partial charge in [0.15, 0.2) is 0 Å². The summed E-state index contributed by atoms with van der Waals surface area (Å²) in [6.07, 6.45) is 0. The topological polar surface area (TPSA) is 87.7 Å². The first-order valence-corrected chi connectivity index (χ1v) is 7.23. The first kappa shape index (κ1) is 17.5. The van der Waals surface area contributed by atoms with Gasteiger partial charge in [0.2, 0.25) is 0 Å². The highest BCUT2D eigenvalue weighted by molar-refractivity contribution is 9.10. The van der Waals surface area contributed by atoms with Gasteiger partial charge in [0, 0.05) is 17.3 Å². The molecular weight excluding hydrogens is 340 g/mol. The standard InChI is InChI=1S/C14H19BrN2O4/c1-8(2)12(7-21-3)17-14(20)16-11-5-9(13(18)19)4-10(15)6-11/h4-6,8,12H,7H2,1-3H3,(H,18,19)(H2,16,17,20). The van der Waals surface area contributed by atoms with Crippen LogP contribution < -0.4 is 10.6 Å². The summed E-state index contributed by atoms with van der Waals surface area (Å²) in [6, 6.07) is 3.97. The maximum atomic E-state index is 12.0. The smallest absolute Gasteiger partial charge is 0.335 e. The van der Waals surface area contributed by atoms with E-state index in [1.807, 2.05) is 13.8 Å². The molecule has 7 heteroatoms. The lowest BCUT2D eigenvalue weighted by molar-refractivity contribution is 0.0697. The van der Waals surface area contributed by atoms with Gasteiger partial charge >= 0.3 is 12.0 Å². The van der Waals surface area contributed by atoms with Crippen LogP contribution in [-0.2, 0) is 4.74 Å². The number of ether oxygens (including phenoxy) is 1. The molecule has 0 spiro atoms. The van der Waals surface area contributed by atoms with Crippen molar-refractivity contribution in [3.05, 3.63) is 28.2 Å². The van der Waals surface area contributed by atoms with E-state index in [9.17, 15) is 9.59 Å². The molecular formula is C14H19BrN2O4. The van der Waals surface area contributed by atoms with E-state index in [4.69, 9.17) is 9.84 Å². The second kappa shape index (κ2) is 7.99. The van der Waals surface area contributed by atoms with Crippen molar-refractivity contribution in [1.29, 1.82) is 0 Å². The number of carbonyl (C=O) groups excluding carboxylic acids is 1. The summed E-state index contributed by atoms with van der Waals surface area (Å²) in [6.45, 7) is 4.36. The van der Waals surface area contributed by atoms with Gasteiger partial charge in [-0.2, -0.15) is 0 Å². The number of hydrogen-bond acceptors (Lipinski definition) is 3. The van der Waals surface area contributed by atoms with Crippen molar-refractivity contribution in [1.82, 2.24) is 5.32 Å². The third-order valence-electron chi connectivity index (χ3n) is 2.87. The van der Waals surface area contributed by atoms with Crippen LogP contribution in [0.15, 0.2) is 22.7 Å². The number of nitrogens with one attached hydrogen (secondary N) is 2. The van der Waals surface area contributed by atoms with Crippen LogP contribution in [0, 0.1) is 5.92 Å². The Hall–Kier alpha value is -1.60. The number of aromatic carboxylic acids is 1. The normalized spacial score (nSPS) is 12.0. The van der Waals surface area contributed by atoms with E-state index >= 15 is 0 Å². The average Bonchev–Trinajstić information content (AvgIpc) is 2.37. The van der Waals surface area contributed by atoms with Crippen molar-refractivity contribution in [3.63, 3.8) is 0 Å². The zero-order valence-corrected chi connectivity index (χ0v) is 13.7. The summed E-state index contributed by atoms with van der Waals surface area (Å²) in [5.41, 5.74) is 0.496. The summed E-state index contributed by atoms with van der Waals surface area (Å²) >= 11 is 3.22. The van der Waals surface area contributed by atoms with Crippen LogP contribution in [-0.4, -0.2) is 36.9 Å². The van der Waals surface area contributed by atoms with Crippen LogP contribution in [0.4, 0.5) is 10.5 Å². The molecule has 0 saturated carbocycles. The van der Waals surface area contributed by atoms with E-state index in [1.165, 1.54) is 12.1 Å². The van der Waals surface area contributed by atoms with Gasteiger partial charge in [0.1, 0.15) is 0 Å². The highest BCUT2D eigenvalue weighted by Gasteiger charge is 2.16. The summed E-state index contributed by atoms with van der Waals surface area (Å²) < 4.78 is 5.64. The van der Waals surface area contributed by atoms with Gasteiger partial charge in [-0.3, -0.25) is 0 Å². The number of methoxy groups -OCH3 is 1. The third kappa shape index (κ3) is 5.73. The number of carboxylic acids is 1. The van der Waals surface area contributed by atoms with Crippen molar-refractivity contribution < 1.29 is 19.4 Å². The molecule has 0 heterocycles. The number of amides is 2. The Bertz CT molecular complexity index is 520. The Morgan fingerprint density at radius 2 is 2.00 bits per heavy atom. The van der Waals surface area contributed by atoms with Crippen LogP contribution >= 0.6 is 15.9 Å². The molecule has 0 aliphatic rings. The molecule has 2 amide bonds. The average molecular weight is 359 g/mol. The van der Waals surface area contributed by atoms with Gasteiger partial charge < -0.3 is 20.5 Å². The number of hydrogen-bond donors (Lipinski definition) is 3. The van der Waals surface area contributed by atoms with Crippen molar-refractivity contribution in [2.24, 2.45) is 5.92 Å². The summed E-state index contributed by atoms with van der Waals surface area (Å²) in [5.74, 6) is -0.841. The highest BCUT2D eigenvalue weighted by Crippen LogP contribution is 2.19. The Morgan fingerprint density at radius 1 is 1.33 bits per heavy atom. The van der Waals surface area contributed by atoms with Crippen molar-refractivity contribution in [2.75, 3.05) is 19.0 Å². The summed E-state index contributed by atoms with van der Waals surface area (Å²) in [4.78, 5) is 22.9. The first-order valence-electron chi connectivity index (χ1n) is 6.43. The minimum Gasteiger partial charge on any atom is -0.478 e. The van der Waals surface area contributed by atoms with Crippen LogP contribution in [0.3, 0.4) is 0 Å². The second-order valence-electron chi connectivity index (χ2n) is 4.94. The van der Waals surface area contributed by atoms with Gasteiger partial charge in [-0.05, 0) is 24.1 Å². The molecule has 0 aliphatic heterocycles. The van der Waals surface area contributed by atoms with Gasteiger partial charge in [-0.1, -0.05) is 29.8 Å². The summed E-state index contributed by atoms with van der Waals surface area (Å²) in [5, 5.41) is 14.4. The lowest BCUT2D eigenvalue weighted by Crippen LogP contribution is -2.43. The number of anilines is 1. The highest BCUT2D eigenvalue weighted by atomic mass is 79.9. The van der Waals surface area contributed by atoms with Crippen LogP contribution in [0.25, 0.3) is 0 Å². The molecule has 0 saturated heterocycles. The molecule has 1 atom stereocenters. The Balaban J connectivity index is 2.76. The minimum absolute atomic E-state index is 0.0944. The van der Waals surface area contributed by atoms with E-state index in [-0.39, 0.29) is 17.5 Å². The molecule has 116 valence electrons. The second-order valence-corrected chi connectivity index (χ2v) is 5.85. The number of carbonyl (C=O) groups is 2. The van der Waals surface area contributed by atoms with Crippen molar-refractivity contribution in [2.45, 2.75) is 19.9 Å². The van der Waals surface area contributed by atoms with E-state index in [2.05, 4.69) is 26.6 Å². The van der Waals surface area contributed by atoms with E-state index in [0.29, 0.717) is 16.8 Å². The van der Waals surface area contributed by atoms with Gasteiger partial charge in [-0.15, -0.1) is 0 Å². The van der Waals surface area contributed by atoms with Crippen LogP contribution in [0.5, 0.6) is 0 Å². The largest absolute Gasteiger partial charge is 0.478 e. The maximum Gasteiger partial charge on any atom is 0.335 e. The number of rotatable bonds is 6. The molecule has 1 unspecified atom stereocenters. The van der Waals surface area contributed by atoms with E-state index < -0.39 is 12.0 Å². The van der Waals surface area contributed by atoms with E-state index in [1.54, 1.807) is 13.2 Å². The zero-order valence-electron chi connectivity index (χ0n) is 12.1. The molecule has 1 rings (SSSR count). The molecule has 6 nitrogen and oxygen atoms in total. The predicted octanol–water partition coefficient (Wildman–Crippen LogP) is 2.94. The molecule has 0 fully saturated rings. The predicted molar refractivity (Wildman–Crippen MR) is 83.8 cm³/mol. The van der Waals surface area contributed by atoms with Gasteiger partial charge in [-0.25, -0.2) is 9.59 Å².